The van der Waals surface area contributed by atoms with E-state index in [-0.39, 0.29) is 18.5 Å². The Labute approximate surface area is 178 Å². The molecule has 1 fully saturated rings. The molecule has 0 radical (unpaired) electrons. The second-order valence-electron chi connectivity index (χ2n) is 8.24. The van der Waals surface area contributed by atoms with Gasteiger partial charge in [0.1, 0.15) is 0 Å². The fourth-order valence-corrected chi connectivity index (χ4v) is 5.55. The standard InChI is InChI=1S/C19H22ClF3N4O2S/c1-18(5-2-6-18)17-11-26(30(28,29)19(21,22)23)9-13-7-14(20)3-4-16(13)27(17)10-15-8-24-12-25-15/h3-4,7-8,12,17H,2,5-6,9-11H2,1H3,(H,24,25). The number of fused-ring (bicyclic) bond motifs is 1. The van der Waals surface area contributed by atoms with Crippen LogP contribution in [-0.2, 0) is 23.1 Å². The lowest BCUT2D eigenvalue weighted by atomic mass is 9.65. The molecule has 30 heavy (non-hydrogen) atoms. The number of hydrogen-bond donors (Lipinski definition) is 1. The summed E-state index contributed by atoms with van der Waals surface area (Å²) in [6.45, 7) is 1.75. The number of sulfonamides is 1. The molecule has 1 saturated carbocycles. The van der Waals surface area contributed by atoms with Gasteiger partial charge in [-0.15, -0.1) is 0 Å². The number of alkyl halides is 3. The monoisotopic (exact) mass is 462 g/mol. The summed E-state index contributed by atoms with van der Waals surface area (Å²) in [5.74, 6) is 0. The van der Waals surface area contributed by atoms with Crippen LogP contribution in [0.4, 0.5) is 18.9 Å². The highest BCUT2D eigenvalue weighted by Gasteiger charge is 2.54. The molecule has 1 N–H and O–H groups in total. The van der Waals surface area contributed by atoms with Crippen molar-refractivity contribution in [3.8, 4) is 0 Å². The largest absolute Gasteiger partial charge is 0.511 e. The first-order chi connectivity index (χ1) is 14.0. The van der Waals surface area contributed by atoms with Gasteiger partial charge in [-0.2, -0.15) is 17.5 Å². The second kappa shape index (κ2) is 7.42. The molecule has 1 unspecified atom stereocenters. The number of benzene rings is 1. The molecule has 0 bridgehead atoms. The first-order valence-electron chi connectivity index (χ1n) is 9.60. The lowest BCUT2D eigenvalue weighted by Gasteiger charge is -2.50. The molecule has 1 aromatic carbocycles. The quantitative estimate of drug-likeness (QED) is 0.735. The molecule has 11 heteroatoms. The topological polar surface area (TPSA) is 69.3 Å². The van der Waals surface area contributed by atoms with Crippen molar-refractivity contribution < 1.29 is 21.6 Å². The molecule has 2 aliphatic rings. The number of rotatable bonds is 4. The van der Waals surface area contributed by atoms with Crippen LogP contribution in [0.5, 0.6) is 0 Å². The minimum absolute atomic E-state index is 0.251. The van der Waals surface area contributed by atoms with E-state index < -0.39 is 21.6 Å². The van der Waals surface area contributed by atoms with Gasteiger partial charge < -0.3 is 9.88 Å². The van der Waals surface area contributed by atoms with Crippen molar-refractivity contribution in [1.29, 1.82) is 0 Å². The number of aromatic amines is 1. The summed E-state index contributed by atoms with van der Waals surface area (Å²) in [4.78, 5) is 9.06. The molecule has 1 aliphatic heterocycles. The Balaban J connectivity index is 1.85. The van der Waals surface area contributed by atoms with Gasteiger partial charge in [0.05, 0.1) is 18.6 Å². The lowest BCUT2D eigenvalue weighted by molar-refractivity contribution is -0.0498. The Bertz CT molecular complexity index is 1020. The number of nitrogens with one attached hydrogen (secondary N) is 1. The minimum Gasteiger partial charge on any atom is -0.361 e. The van der Waals surface area contributed by atoms with Gasteiger partial charge in [0, 0.05) is 36.0 Å². The first-order valence-corrected chi connectivity index (χ1v) is 11.4. The normalized spacial score (nSPS) is 22.3. The van der Waals surface area contributed by atoms with Crippen LogP contribution in [0.2, 0.25) is 5.02 Å². The minimum atomic E-state index is -5.50. The molecule has 1 aliphatic carbocycles. The number of anilines is 1. The van der Waals surface area contributed by atoms with E-state index in [0.29, 0.717) is 27.1 Å². The maximum atomic E-state index is 13.4. The summed E-state index contributed by atoms with van der Waals surface area (Å²) in [6, 6.07) is 4.54. The summed E-state index contributed by atoms with van der Waals surface area (Å²) in [7, 11) is -5.50. The van der Waals surface area contributed by atoms with Crippen molar-refractivity contribution >= 4 is 27.3 Å². The zero-order valence-corrected chi connectivity index (χ0v) is 17.9. The summed E-state index contributed by atoms with van der Waals surface area (Å²) < 4.78 is 65.7. The van der Waals surface area contributed by atoms with Crippen molar-refractivity contribution in [1.82, 2.24) is 14.3 Å². The fraction of sp³-hybridized carbons (Fsp3) is 0.526. The summed E-state index contributed by atoms with van der Waals surface area (Å²) in [5, 5.41) is 0.341. The number of nitrogens with zero attached hydrogens (tertiary/aromatic N) is 3. The first kappa shape index (κ1) is 21.5. The predicted octanol–water partition coefficient (Wildman–Crippen LogP) is 4.29. The summed E-state index contributed by atoms with van der Waals surface area (Å²) >= 11 is 6.11. The van der Waals surface area contributed by atoms with Crippen LogP contribution in [0.15, 0.2) is 30.7 Å². The molecule has 2 aromatic rings. The highest BCUT2D eigenvalue weighted by molar-refractivity contribution is 7.89. The zero-order valence-electron chi connectivity index (χ0n) is 16.3. The maximum Gasteiger partial charge on any atom is 0.511 e. The van der Waals surface area contributed by atoms with Crippen LogP contribution in [0.3, 0.4) is 0 Å². The van der Waals surface area contributed by atoms with Gasteiger partial charge >= 0.3 is 15.5 Å². The Kier molecular flexibility index (Phi) is 5.31. The number of hydrogen-bond acceptors (Lipinski definition) is 4. The van der Waals surface area contributed by atoms with Crippen LogP contribution in [0.1, 0.15) is 37.4 Å². The summed E-state index contributed by atoms with van der Waals surface area (Å²) in [5.41, 5.74) is -3.75. The molecule has 164 valence electrons. The molecule has 6 nitrogen and oxygen atoms in total. The van der Waals surface area contributed by atoms with E-state index in [0.717, 1.165) is 25.0 Å². The number of halogens is 4. The Hall–Kier alpha value is -1.78. The van der Waals surface area contributed by atoms with Gasteiger partial charge in [-0.05, 0) is 42.0 Å². The van der Waals surface area contributed by atoms with Crippen molar-refractivity contribution in [2.75, 3.05) is 11.4 Å². The Morgan fingerprint density at radius 1 is 1.33 bits per heavy atom. The van der Waals surface area contributed by atoms with E-state index in [1.165, 1.54) is 6.33 Å². The third-order valence-electron chi connectivity index (χ3n) is 6.28. The van der Waals surface area contributed by atoms with Gasteiger partial charge in [-0.1, -0.05) is 24.9 Å². The average Bonchev–Trinajstić information content (AvgIpc) is 3.08. The van der Waals surface area contributed by atoms with E-state index in [1.54, 1.807) is 24.4 Å². The van der Waals surface area contributed by atoms with Gasteiger partial charge in [0.2, 0.25) is 0 Å². The van der Waals surface area contributed by atoms with Crippen molar-refractivity contribution in [3.05, 3.63) is 47.0 Å². The molecule has 4 rings (SSSR count). The third kappa shape index (κ3) is 3.69. The smallest absolute Gasteiger partial charge is 0.361 e. The van der Waals surface area contributed by atoms with Crippen LogP contribution < -0.4 is 4.90 Å². The molecule has 0 spiro atoms. The van der Waals surface area contributed by atoms with E-state index in [1.807, 2.05) is 11.8 Å². The van der Waals surface area contributed by atoms with Gasteiger partial charge in [-0.3, -0.25) is 0 Å². The highest BCUT2D eigenvalue weighted by atomic mass is 35.5. The van der Waals surface area contributed by atoms with Gasteiger partial charge in [0.15, 0.2) is 0 Å². The predicted molar refractivity (Wildman–Crippen MR) is 107 cm³/mol. The number of aromatic nitrogens is 2. The van der Waals surface area contributed by atoms with Gasteiger partial charge in [-0.25, -0.2) is 13.4 Å². The van der Waals surface area contributed by atoms with Crippen LogP contribution in [0.25, 0.3) is 0 Å². The molecular weight excluding hydrogens is 441 g/mol. The zero-order chi connectivity index (χ0) is 21.7. The molecule has 1 atom stereocenters. The lowest BCUT2D eigenvalue weighted by Crippen LogP contribution is -2.55. The Morgan fingerprint density at radius 3 is 2.63 bits per heavy atom. The molecule has 0 saturated heterocycles. The van der Waals surface area contributed by atoms with E-state index in [4.69, 9.17) is 11.6 Å². The molecule has 1 aromatic heterocycles. The van der Waals surface area contributed by atoms with Gasteiger partial charge in [0.25, 0.3) is 0 Å². The van der Waals surface area contributed by atoms with Crippen LogP contribution in [0, 0.1) is 5.41 Å². The second-order valence-corrected chi connectivity index (χ2v) is 10.6. The number of imidazole rings is 1. The van der Waals surface area contributed by atoms with Crippen molar-refractivity contribution in [2.45, 2.75) is 50.8 Å². The molecule has 0 amide bonds. The fourth-order valence-electron chi connectivity index (χ4n) is 4.42. The molecular formula is C19H22ClF3N4O2S. The Morgan fingerprint density at radius 2 is 2.07 bits per heavy atom. The van der Waals surface area contributed by atoms with Crippen molar-refractivity contribution in [3.63, 3.8) is 0 Å². The maximum absolute atomic E-state index is 13.4. The van der Waals surface area contributed by atoms with Crippen LogP contribution in [-0.4, -0.2) is 40.8 Å². The highest BCUT2D eigenvalue weighted by Crippen LogP contribution is 2.49. The van der Waals surface area contributed by atoms with Crippen molar-refractivity contribution in [2.24, 2.45) is 5.41 Å². The van der Waals surface area contributed by atoms with E-state index >= 15 is 0 Å². The number of H-pyrrole nitrogens is 1. The molecule has 2 heterocycles. The third-order valence-corrected chi connectivity index (χ3v) is 8.06. The summed E-state index contributed by atoms with van der Waals surface area (Å²) in [6.07, 6.45) is 5.80. The average molecular weight is 463 g/mol. The van der Waals surface area contributed by atoms with E-state index in [9.17, 15) is 21.6 Å². The van der Waals surface area contributed by atoms with Crippen LogP contribution >= 0.6 is 11.6 Å². The van der Waals surface area contributed by atoms with E-state index in [2.05, 4.69) is 9.97 Å². The SMILES string of the molecule is CC1(C2CN(S(=O)(=O)C(F)(F)F)Cc3cc(Cl)ccc3N2Cc2cnc[nH]2)CCC1.